The molecule has 1 fully saturated rings. The molecule has 1 saturated heterocycles. The first-order valence-corrected chi connectivity index (χ1v) is 4.42. The van der Waals surface area contributed by atoms with Crippen LogP contribution in [0, 0.1) is 0 Å². The van der Waals surface area contributed by atoms with Gasteiger partial charge in [-0.25, -0.2) is 0 Å². The van der Waals surface area contributed by atoms with Crippen molar-refractivity contribution < 1.29 is 9.15 Å². The Morgan fingerprint density at radius 2 is 2.20 bits per heavy atom. The predicted octanol–water partition coefficient (Wildman–Crippen LogP) is 2.88. The first-order valence-electron chi connectivity index (χ1n) is 2.83. The number of rotatable bonds is 1. The summed E-state index contributed by atoms with van der Waals surface area (Å²) in [4.78, 5) is 0. The van der Waals surface area contributed by atoms with Crippen LogP contribution in [0.15, 0.2) is 19.6 Å². The minimum Gasteiger partial charge on any atom is -0.450 e. The highest BCUT2D eigenvalue weighted by Gasteiger charge is 2.29. The second-order valence-corrected chi connectivity index (χ2v) is 3.67. The molecule has 1 aromatic rings. The summed E-state index contributed by atoms with van der Waals surface area (Å²) in [6, 6.07) is 1.92. The third-order valence-electron chi connectivity index (χ3n) is 1.31. The van der Waals surface area contributed by atoms with Crippen molar-refractivity contribution in [3.05, 3.63) is 21.0 Å². The normalized spacial score (nSPS) is 23.2. The van der Waals surface area contributed by atoms with Crippen LogP contribution in [-0.4, -0.2) is 6.61 Å². The van der Waals surface area contributed by atoms with Crippen molar-refractivity contribution in [2.24, 2.45) is 0 Å². The molecule has 0 aliphatic carbocycles. The SMILES string of the molecule is Brc1cc([C@@H]2CO2)oc1Br. The molecule has 1 aliphatic heterocycles. The van der Waals surface area contributed by atoms with Gasteiger partial charge in [-0.3, -0.25) is 0 Å². The van der Waals surface area contributed by atoms with E-state index in [0.717, 1.165) is 21.5 Å². The molecule has 0 aromatic carbocycles. The van der Waals surface area contributed by atoms with Gasteiger partial charge in [-0.2, -0.15) is 0 Å². The van der Waals surface area contributed by atoms with Crippen LogP contribution in [0.1, 0.15) is 11.9 Å². The number of epoxide rings is 1. The molecule has 2 heterocycles. The monoisotopic (exact) mass is 266 g/mol. The molecular weight excluding hydrogens is 264 g/mol. The van der Waals surface area contributed by atoms with Gasteiger partial charge < -0.3 is 9.15 Å². The summed E-state index contributed by atoms with van der Waals surface area (Å²) < 4.78 is 12.0. The van der Waals surface area contributed by atoms with Gasteiger partial charge in [-0.1, -0.05) is 0 Å². The maximum absolute atomic E-state index is 5.28. The first kappa shape index (κ1) is 6.88. The zero-order chi connectivity index (χ0) is 7.14. The standard InChI is InChI=1S/C6H4Br2O2/c7-3-1-4(5-2-9-5)10-6(3)8/h1,5H,2H2/t5-/m0/s1. The molecule has 54 valence electrons. The Morgan fingerprint density at radius 1 is 1.50 bits per heavy atom. The molecule has 2 rings (SSSR count). The number of hydrogen-bond acceptors (Lipinski definition) is 2. The zero-order valence-corrected chi connectivity index (χ0v) is 8.11. The van der Waals surface area contributed by atoms with Crippen molar-refractivity contribution in [1.82, 2.24) is 0 Å². The van der Waals surface area contributed by atoms with E-state index in [1.54, 1.807) is 0 Å². The molecule has 0 radical (unpaired) electrons. The molecular formula is C6H4Br2O2. The average Bonchev–Trinajstić information content (AvgIpc) is 2.64. The summed E-state index contributed by atoms with van der Waals surface area (Å²) in [7, 11) is 0. The maximum atomic E-state index is 5.28. The quantitative estimate of drug-likeness (QED) is 0.732. The third kappa shape index (κ3) is 1.15. The smallest absolute Gasteiger partial charge is 0.183 e. The second-order valence-electron chi connectivity index (χ2n) is 2.09. The summed E-state index contributed by atoms with van der Waals surface area (Å²) >= 11 is 6.56. The van der Waals surface area contributed by atoms with Crippen molar-refractivity contribution in [1.29, 1.82) is 0 Å². The van der Waals surface area contributed by atoms with Gasteiger partial charge in [0.25, 0.3) is 0 Å². The number of halogens is 2. The summed E-state index contributed by atoms with van der Waals surface area (Å²) in [6.45, 7) is 0.784. The third-order valence-corrected chi connectivity index (χ3v) is 3.03. The molecule has 0 saturated carbocycles. The lowest BCUT2D eigenvalue weighted by Crippen LogP contribution is -1.69. The highest BCUT2D eigenvalue weighted by Crippen LogP contribution is 2.36. The largest absolute Gasteiger partial charge is 0.450 e. The zero-order valence-electron chi connectivity index (χ0n) is 4.93. The summed E-state index contributed by atoms with van der Waals surface area (Å²) in [6.07, 6.45) is 0.197. The topological polar surface area (TPSA) is 25.7 Å². The Kier molecular flexibility index (Phi) is 1.62. The van der Waals surface area contributed by atoms with Crippen molar-refractivity contribution >= 4 is 31.9 Å². The van der Waals surface area contributed by atoms with Crippen LogP contribution in [0.3, 0.4) is 0 Å². The van der Waals surface area contributed by atoms with E-state index in [1.165, 1.54) is 0 Å². The van der Waals surface area contributed by atoms with Gasteiger partial charge in [-0.05, 0) is 37.9 Å². The summed E-state index contributed by atoms with van der Waals surface area (Å²) in [5.74, 6) is 0.888. The van der Waals surface area contributed by atoms with Crippen molar-refractivity contribution in [3.63, 3.8) is 0 Å². The second kappa shape index (κ2) is 2.36. The van der Waals surface area contributed by atoms with Crippen LogP contribution in [-0.2, 0) is 4.74 Å². The van der Waals surface area contributed by atoms with Crippen LogP contribution in [0.5, 0.6) is 0 Å². The molecule has 4 heteroatoms. The van der Waals surface area contributed by atoms with E-state index in [4.69, 9.17) is 9.15 Å². The molecule has 0 unspecified atom stereocenters. The first-order chi connectivity index (χ1) is 4.77. The van der Waals surface area contributed by atoms with E-state index in [1.807, 2.05) is 6.07 Å². The van der Waals surface area contributed by atoms with E-state index in [2.05, 4.69) is 31.9 Å². The van der Waals surface area contributed by atoms with Gasteiger partial charge in [0, 0.05) is 0 Å². The maximum Gasteiger partial charge on any atom is 0.183 e. The Hall–Kier alpha value is 0.200. The van der Waals surface area contributed by atoms with E-state index < -0.39 is 0 Å². The molecule has 0 spiro atoms. The van der Waals surface area contributed by atoms with Crippen molar-refractivity contribution in [2.45, 2.75) is 6.10 Å². The Labute approximate surface area is 74.8 Å². The molecule has 0 amide bonds. The molecule has 1 aliphatic rings. The number of ether oxygens (including phenoxy) is 1. The minimum atomic E-state index is 0.197. The lowest BCUT2D eigenvalue weighted by atomic mass is 10.4. The predicted molar refractivity (Wildman–Crippen MR) is 42.8 cm³/mol. The number of hydrogen-bond donors (Lipinski definition) is 0. The Balaban J connectivity index is 2.34. The van der Waals surface area contributed by atoms with Crippen LogP contribution < -0.4 is 0 Å². The molecule has 10 heavy (non-hydrogen) atoms. The fourth-order valence-corrected chi connectivity index (χ4v) is 1.34. The molecule has 1 atom stereocenters. The lowest BCUT2D eigenvalue weighted by Gasteiger charge is -1.82. The van der Waals surface area contributed by atoms with Gasteiger partial charge in [0.1, 0.15) is 11.9 Å². The van der Waals surface area contributed by atoms with Gasteiger partial charge in [0.15, 0.2) is 4.67 Å². The van der Waals surface area contributed by atoms with E-state index in [-0.39, 0.29) is 6.10 Å². The van der Waals surface area contributed by atoms with Gasteiger partial charge in [0.05, 0.1) is 11.1 Å². The minimum absolute atomic E-state index is 0.197. The van der Waals surface area contributed by atoms with Crippen molar-refractivity contribution in [3.8, 4) is 0 Å². The average molecular weight is 268 g/mol. The summed E-state index contributed by atoms with van der Waals surface area (Å²) in [5.41, 5.74) is 0. The molecule has 0 bridgehead atoms. The van der Waals surface area contributed by atoms with Crippen LogP contribution >= 0.6 is 31.9 Å². The van der Waals surface area contributed by atoms with Crippen LogP contribution in [0.25, 0.3) is 0 Å². The summed E-state index contributed by atoms with van der Waals surface area (Å²) in [5, 5.41) is 0. The highest BCUT2D eigenvalue weighted by molar-refractivity contribution is 9.13. The lowest BCUT2D eigenvalue weighted by molar-refractivity contribution is 0.365. The Morgan fingerprint density at radius 3 is 2.60 bits per heavy atom. The number of furan rings is 1. The van der Waals surface area contributed by atoms with Crippen LogP contribution in [0.2, 0.25) is 0 Å². The fraction of sp³-hybridized carbons (Fsp3) is 0.333. The molecule has 2 nitrogen and oxygen atoms in total. The van der Waals surface area contributed by atoms with Gasteiger partial charge in [0.2, 0.25) is 0 Å². The van der Waals surface area contributed by atoms with E-state index in [9.17, 15) is 0 Å². The molecule has 1 aromatic heterocycles. The highest BCUT2D eigenvalue weighted by atomic mass is 79.9. The van der Waals surface area contributed by atoms with Gasteiger partial charge in [-0.15, -0.1) is 0 Å². The van der Waals surface area contributed by atoms with Crippen LogP contribution in [0.4, 0.5) is 0 Å². The van der Waals surface area contributed by atoms with Gasteiger partial charge >= 0.3 is 0 Å². The van der Waals surface area contributed by atoms with E-state index in [0.29, 0.717) is 0 Å². The van der Waals surface area contributed by atoms with E-state index >= 15 is 0 Å². The van der Waals surface area contributed by atoms with Crippen molar-refractivity contribution in [2.75, 3.05) is 6.61 Å². The Bertz CT molecular complexity index is 233. The fourth-order valence-electron chi connectivity index (χ4n) is 0.734. The molecule has 0 N–H and O–H groups in total.